The van der Waals surface area contributed by atoms with Gasteiger partial charge in [-0.1, -0.05) is 0 Å². The Balaban J connectivity index is 1.98. The van der Waals surface area contributed by atoms with E-state index in [0.717, 1.165) is 0 Å². The maximum atomic E-state index is 10.7. The van der Waals surface area contributed by atoms with Crippen molar-refractivity contribution in [2.75, 3.05) is 19.8 Å². The lowest BCUT2D eigenvalue weighted by molar-refractivity contribution is -0.359. The molecule has 2 aliphatic rings. The molecule has 0 unspecified atom stereocenters. The number of hydrogen-bond donors (Lipinski definition) is 7. The molecule has 2 heterocycles. The first-order valence-electron chi connectivity index (χ1n) is 13.0. The Morgan fingerprint density at radius 3 is 1.63 bits per heavy atom. The third-order valence-electron chi connectivity index (χ3n) is 6.06. The zero-order chi connectivity index (χ0) is 29.1. The molecular formula is C22H48O13Si3. The average Bonchev–Trinajstić information content (AvgIpc) is 2.78. The Morgan fingerprint density at radius 1 is 0.632 bits per heavy atom. The van der Waals surface area contributed by atoms with Crippen LogP contribution in [0.15, 0.2) is 0 Å². The first kappa shape index (κ1) is 34.3. The van der Waals surface area contributed by atoms with Crippen LogP contribution in [0.3, 0.4) is 0 Å². The summed E-state index contributed by atoms with van der Waals surface area (Å²) in [5.74, 6) is 0. The van der Waals surface area contributed by atoms with E-state index < -0.39 is 99.8 Å². The van der Waals surface area contributed by atoms with E-state index in [1.807, 2.05) is 0 Å². The molecule has 0 saturated carbocycles. The molecule has 2 fully saturated rings. The zero-order valence-corrected chi connectivity index (χ0v) is 26.4. The van der Waals surface area contributed by atoms with Gasteiger partial charge in [-0.3, -0.25) is 0 Å². The molecule has 0 spiro atoms. The van der Waals surface area contributed by atoms with Crippen molar-refractivity contribution < 1.29 is 62.9 Å². The Bertz CT molecular complexity index is 702. The molecule has 2 aliphatic heterocycles. The van der Waals surface area contributed by atoms with Gasteiger partial charge in [-0.2, -0.15) is 0 Å². The molecule has 38 heavy (non-hydrogen) atoms. The van der Waals surface area contributed by atoms with E-state index in [1.165, 1.54) is 0 Å². The number of aliphatic hydroxyl groups excluding tert-OH is 7. The van der Waals surface area contributed by atoms with Crippen LogP contribution in [-0.2, 0) is 27.2 Å². The molecule has 0 amide bonds. The predicted molar refractivity (Wildman–Crippen MR) is 142 cm³/mol. The summed E-state index contributed by atoms with van der Waals surface area (Å²) in [6, 6.07) is 0.666. The normalized spacial score (nSPS) is 37.4. The molecular weight excluding hydrogens is 556 g/mol. The third kappa shape index (κ3) is 9.61. The molecule has 16 heteroatoms. The Morgan fingerprint density at radius 2 is 1.13 bits per heavy atom. The fraction of sp³-hybridized carbons (Fsp3) is 1.00. The van der Waals surface area contributed by atoms with E-state index in [1.54, 1.807) is 0 Å². The molecule has 0 radical (unpaired) electrons. The van der Waals surface area contributed by atoms with Gasteiger partial charge in [-0.15, -0.1) is 0 Å². The van der Waals surface area contributed by atoms with Crippen molar-refractivity contribution in [2.24, 2.45) is 0 Å². The van der Waals surface area contributed by atoms with Crippen molar-refractivity contribution >= 4 is 25.2 Å². The molecule has 13 nitrogen and oxygen atoms in total. The molecule has 10 atom stereocenters. The second kappa shape index (κ2) is 13.9. The minimum Gasteiger partial charge on any atom is -0.437 e. The quantitative estimate of drug-likeness (QED) is 0.0978. The van der Waals surface area contributed by atoms with E-state index >= 15 is 0 Å². The highest BCUT2D eigenvalue weighted by molar-refractivity contribution is 6.87. The lowest BCUT2D eigenvalue weighted by Crippen LogP contribution is -2.64. The zero-order valence-electron chi connectivity index (χ0n) is 23.4. The fourth-order valence-corrected chi connectivity index (χ4v) is 17.2. The van der Waals surface area contributed by atoms with Gasteiger partial charge in [0.05, 0.1) is 13.2 Å². The first-order chi connectivity index (χ1) is 17.4. The van der Waals surface area contributed by atoms with Gasteiger partial charge in [0.25, 0.3) is 0 Å². The van der Waals surface area contributed by atoms with Crippen molar-refractivity contribution in [3.63, 3.8) is 0 Å². The minimum atomic E-state index is -2.48. The lowest BCUT2D eigenvalue weighted by Gasteiger charge is -2.46. The van der Waals surface area contributed by atoms with Crippen molar-refractivity contribution in [2.45, 2.75) is 120 Å². The van der Waals surface area contributed by atoms with E-state index in [9.17, 15) is 35.7 Å². The van der Waals surface area contributed by atoms with Gasteiger partial charge in [0, 0.05) is 6.61 Å². The highest BCUT2D eigenvalue weighted by Gasteiger charge is 2.50. The number of rotatable bonds is 13. The van der Waals surface area contributed by atoms with E-state index in [4.69, 9.17) is 27.2 Å². The fourth-order valence-electron chi connectivity index (χ4n) is 4.70. The third-order valence-corrected chi connectivity index (χ3v) is 15.7. The predicted octanol–water partition coefficient (Wildman–Crippen LogP) is -1.21. The maximum Gasteiger partial charge on any atom is 0.314 e. The van der Waals surface area contributed by atoms with Crippen LogP contribution in [0.25, 0.3) is 0 Å². The molecule has 0 aliphatic carbocycles. The van der Waals surface area contributed by atoms with Gasteiger partial charge in [0.2, 0.25) is 0 Å². The average molecular weight is 605 g/mol. The van der Waals surface area contributed by atoms with Gasteiger partial charge in [-0.05, 0) is 58.3 Å². The largest absolute Gasteiger partial charge is 0.437 e. The van der Waals surface area contributed by atoms with Crippen LogP contribution in [0.5, 0.6) is 0 Å². The Labute approximate surface area is 227 Å². The molecule has 0 aromatic heterocycles. The van der Waals surface area contributed by atoms with Crippen LogP contribution in [0.4, 0.5) is 0 Å². The van der Waals surface area contributed by atoms with E-state index in [2.05, 4.69) is 45.8 Å². The number of aliphatic hydroxyl groups is 7. The monoisotopic (exact) mass is 604 g/mol. The minimum absolute atomic E-state index is 0.178. The number of ether oxygens (including phenoxy) is 4. The highest BCUT2D eigenvalue weighted by Crippen LogP contribution is 2.30. The van der Waals surface area contributed by atoms with Crippen LogP contribution in [0, 0.1) is 0 Å². The van der Waals surface area contributed by atoms with Crippen molar-refractivity contribution in [3.05, 3.63) is 0 Å². The first-order valence-corrected chi connectivity index (χ1v) is 22.4. The topological polar surface area (TPSA) is 197 Å². The van der Waals surface area contributed by atoms with Gasteiger partial charge >= 0.3 is 8.56 Å². The van der Waals surface area contributed by atoms with Crippen LogP contribution < -0.4 is 0 Å². The summed E-state index contributed by atoms with van der Waals surface area (Å²) in [7, 11) is -6.20. The summed E-state index contributed by atoms with van der Waals surface area (Å²) in [6.45, 7) is 13.7. The molecule has 2 saturated heterocycles. The van der Waals surface area contributed by atoms with Crippen molar-refractivity contribution in [1.29, 1.82) is 0 Å². The van der Waals surface area contributed by atoms with Crippen molar-refractivity contribution in [1.82, 2.24) is 0 Å². The van der Waals surface area contributed by atoms with Crippen LogP contribution in [0.1, 0.15) is 6.42 Å². The molecule has 2 rings (SSSR count). The molecule has 0 aromatic carbocycles. The smallest absolute Gasteiger partial charge is 0.314 e. The van der Waals surface area contributed by atoms with E-state index in [0.29, 0.717) is 12.5 Å². The van der Waals surface area contributed by atoms with Crippen LogP contribution >= 0.6 is 0 Å². The van der Waals surface area contributed by atoms with Crippen molar-refractivity contribution in [3.8, 4) is 0 Å². The van der Waals surface area contributed by atoms with Crippen LogP contribution in [-0.4, -0.2) is 142 Å². The second-order valence-electron chi connectivity index (χ2n) is 12.0. The summed E-state index contributed by atoms with van der Waals surface area (Å²) < 4.78 is 35.2. The summed E-state index contributed by atoms with van der Waals surface area (Å²) in [4.78, 5) is 0. The summed E-state index contributed by atoms with van der Waals surface area (Å²) in [5.41, 5.74) is 0. The standard InChI is InChI=1S/C22H48O13Si3/c1-36(2,3)34-38(7,35-37(4,5)6)10-8-9-30-21-19(29)17(27)20(14(12-24)32-21)33-22-18(28)16(26)15(25)13(11-23)31-22/h13-29H,8-12H2,1-7H3/t13-,14-,15+,16+,17-,18-,19-,20-,21+,22+/m1/s1. The van der Waals surface area contributed by atoms with Gasteiger partial charge in [0.1, 0.15) is 48.8 Å². The molecule has 7 N–H and O–H groups in total. The summed E-state index contributed by atoms with van der Waals surface area (Å²) >= 11 is 0. The highest BCUT2D eigenvalue weighted by atomic mass is 28.5. The second-order valence-corrected chi connectivity index (χ2v) is 24.9. The summed E-state index contributed by atoms with van der Waals surface area (Å²) in [6.07, 6.45) is -14.2. The van der Waals surface area contributed by atoms with Gasteiger partial charge in [0.15, 0.2) is 29.2 Å². The Hall–Kier alpha value is 0.131. The van der Waals surface area contributed by atoms with E-state index in [-0.39, 0.29) is 6.61 Å². The van der Waals surface area contributed by atoms with Gasteiger partial charge < -0.3 is 62.9 Å². The lowest BCUT2D eigenvalue weighted by atomic mass is 9.97. The molecule has 0 aromatic rings. The molecule has 0 bridgehead atoms. The van der Waals surface area contributed by atoms with Crippen LogP contribution in [0.2, 0.25) is 51.9 Å². The molecule has 226 valence electrons. The SMILES string of the molecule is C[Si](C)(C)O[Si](C)(CCCO[C@H]1O[C@H](CO)[C@@H](O[C@@H]2O[C@H](CO)[C@H](O)[C@H](O)[C@H]2O)[C@H](O)[C@H]1O)O[Si](C)(C)C. The number of hydrogen-bond acceptors (Lipinski definition) is 13. The Kier molecular flexibility index (Phi) is 12.5. The maximum absolute atomic E-state index is 10.7. The summed E-state index contributed by atoms with van der Waals surface area (Å²) in [5, 5.41) is 70.8. The van der Waals surface area contributed by atoms with Gasteiger partial charge in [-0.25, -0.2) is 0 Å².